The van der Waals surface area contributed by atoms with Gasteiger partial charge in [-0.25, -0.2) is 18.1 Å². The van der Waals surface area contributed by atoms with Crippen molar-refractivity contribution < 1.29 is 13.5 Å². The third-order valence-electron chi connectivity index (χ3n) is 6.16. The Labute approximate surface area is 229 Å². The van der Waals surface area contributed by atoms with Crippen molar-refractivity contribution in [3.63, 3.8) is 0 Å². The van der Waals surface area contributed by atoms with Gasteiger partial charge in [0.25, 0.3) is 0 Å². The largest absolute Gasteiger partial charge is 0.507 e. The number of phenolic OH excluding ortho intramolecular Hbond substituents is 1. The molecule has 8 nitrogen and oxygen atoms in total. The van der Waals surface area contributed by atoms with E-state index in [0.717, 1.165) is 27.6 Å². The SMILES string of the molecule is CCc1cccc(S(=O)(=O)NCc2cccc(CNc3cc(-c4ccccc4O)nc4c(Br)cnn34)c2)c1. The van der Waals surface area contributed by atoms with Crippen LogP contribution in [-0.2, 0) is 29.5 Å². The van der Waals surface area contributed by atoms with E-state index in [1.54, 1.807) is 41.0 Å². The van der Waals surface area contributed by atoms with Crippen molar-refractivity contribution in [3.8, 4) is 17.0 Å². The summed E-state index contributed by atoms with van der Waals surface area (Å²) in [6.07, 6.45) is 2.44. The van der Waals surface area contributed by atoms with E-state index < -0.39 is 10.0 Å². The second kappa shape index (κ2) is 10.9. The van der Waals surface area contributed by atoms with Gasteiger partial charge in [-0.1, -0.05) is 55.5 Å². The summed E-state index contributed by atoms with van der Waals surface area (Å²) in [5.41, 5.74) is 4.62. The standard InChI is InChI=1S/C28H26BrN5O3S/c1-2-19-7-6-10-22(14-19)38(36,37)32-17-21-9-5-8-20(13-21)16-30-27-15-25(23-11-3-4-12-26(23)35)33-28-24(29)18-31-34(27)28/h3-15,18,30,32,35H,2,16-17H2,1H3. The summed E-state index contributed by atoms with van der Waals surface area (Å²) < 4.78 is 30.7. The molecule has 0 bridgehead atoms. The molecular weight excluding hydrogens is 566 g/mol. The van der Waals surface area contributed by atoms with Gasteiger partial charge in [0, 0.05) is 24.7 Å². The zero-order valence-electron chi connectivity index (χ0n) is 20.6. The molecule has 10 heteroatoms. The van der Waals surface area contributed by atoms with Gasteiger partial charge in [-0.2, -0.15) is 9.61 Å². The molecule has 38 heavy (non-hydrogen) atoms. The van der Waals surface area contributed by atoms with Gasteiger partial charge in [-0.3, -0.25) is 0 Å². The van der Waals surface area contributed by atoms with Gasteiger partial charge in [-0.15, -0.1) is 0 Å². The van der Waals surface area contributed by atoms with Crippen molar-refractivity contribution in [3.05, 3.63) is 106 Å². The van der Waals surface area contributed by atoms with E-state index in [2.05, 4.69) is 36.1 Å². The fraction of sp³-hybridized carbons (Fsp3) is 0.143. The maximum atomic E-state index is 12.8. The molecule has 2 heterocycles. The van der Waals surface area contributed by atoms with Crippen LogP contribution >= 0.6 is 15.9 Å². The Bertz CT molecular complexity index is 1720. The summed E-state index contributed by atoms with van der Waals surface area (Å²) in [5.74, 6) is 0.836. The summed E-state index contributed by atoms with van der Waals surface area (Å²) in [7, 11) is -3.62. The molecular formula is C28H26BrN5O3S. The number of aromatic hydroxyl groups is 1. The smallest absolute Gasteiger partial charge is 0.240 e. The van der Waals surface area contributed by atoms with Gasteiger partial charge in [0.1, 0.15) is 11.6 Å². The third kappa shape index (κ3) is 5.57. The van der Waals surface area contributed by atoms with E-state index in [9.17, 15) is 13.5 Å². The first-order valence-corrected chi connectivity index (χ1v) is 14.3. The van der Waals surface area contributed by atoms with E-state index in [4.69, 9.17) is 0 Å². The molecule has 0 aliphatic carbocycles. The highest BCUT2D eigenvalue weighted by molar-refractivity contribution is 9.10. The molecule has 5 aromatic rings. The number of benzene rings is 3. The number of nitrogens with zero attached hydrogens (tertiary/aromatic N) is 3. The first-order valence-electron chi connectivity index (χ1n) is 12.1. The predicted molar refractivity (Wildman–Crippen MR) is 151 cm³/mol. The van der Waals surface area contributed by atoms with Crippen LogP contribution in [0, 0.1) is 0 Å². The Morgan fingerprint density at radius 1 is 0.921 bits per heavy atom. The van der Waals surface area contributed by atoms with Crippen LogP contribution in [0.3, 0.4) is 0 Å². The number of para-hydroxylation sites is 1. The number of anilines is 1. The van der Waals surface area contributed by atoms with Gasteiger partial charge in [-0.05, 0) is 63.3 Å². The minimum absolute atomic E-state index is 0.141. The van der Waals surface area contributed by atoms with E-state index >= 15 is 0 Å². The summed E-state index contributed by atoms with van der Waals surface area (Å²) in [6, 6.07) is 23.6. The highest BCUT2D eigenvalue weighted by atomic mass is 79.9. The second-order valence-electron chi connectivity index (χ2n) is 8.77. The number of fused-ring (bicyclic) bond motifs is 1. The van der Waals surface area contributed by atoms with Gasteiger partial charge >= 0.3 is 0 Å². The van der Waals surface area contributed by atoms with Crippen molar-refractivity contribution in [2.75, 3.05) is 5.32 Å². The van der Waals surface area contributed by atoms with Crippen molar-refractivity contribution in [1.29, 1.82) is 0 Å². The minimum Gasteiger partial charge on any atom is -0.507 e. The van der Waals surface area contributed by atoms with Crippen LogP contribution < -0.4 is 10.0 Å². The van der Waals surface area contributed by atoms with E-state index in [-0.39, 0.29) is 17.2 Å². The van der Waals surface area contributed by atoms with Gasteiger partial charge in [0.2, 0.25) is 10.0 Å². The van der Waals surface area contributed by atoms with Crippen molar-refractivity contribution >= 4 is 37.4 Å². The number of aromatic nitrogens is 3. The van der Waals surface area contributed by atoms with Crippen LogP contribution in [-0.4, -0.2) is 28.1 Å². The molecule has 0 aliphatic heterocycles. The minimum atomic E-state index is -3.62. The molecule has 0 aliphatic rings. The monoisotopic (exact) mass is 591 g/mol. The fourth-order valence-corrected chi connectivity index (χ4v) is 5.56. The molecule has 0 spiro atoms. The number of hydrogen-bond acceptors (Lipinski definition) is 6. The summed E-state index contributed by atoms with van der Waals surface area (Å²) >= 11 is 3.50. The van der Waals surface area contributed by atoms with Crippen LogP contribution in [0.4, 0.5) is 5.82 Å². The second-order valence-corrected chi connectivity index (χ2v) is 11.4. The van der Waals surface area contributed by atoms with Crippen LogP contribution in [0.2, 0.25) is 0 Å². The third-order valence-corrected chi connectivity index (χ3v) is 8.12. The van der Waals surface area contributed by atoms with Gasteiger partial charge in [0.05, 0.1) is 21.3 Å². The van der Waals surface area contributed by atoms with Crippen molar-refractivity contribution in [1.82, 2.24) is 19.3 Å². The topological polar surface area (TPSA) is 109 Å². The average Bonchev–Trinajstić information content (AvgIpc) is 3.31. The lowest BCUT2D eigenvalue weighted by Crippen LogP contribution is -2.23. The normalized spacial score (nSPS) is 11.6. The summed E-state index contributed by atoms with van der Waals surface area (Å²) in [6.45, 7) is 2.64. The number of rotatable bonds is 9. The predicted octanol–water partition coefficient (Wildman–Crippen LogP) is 5.52. The average molecular weight is 593 g/mol. The number of phenols is 1. The summed E-state index contributed by atoms with van der Waals surface area (Å²) in [4.78, 5) is 4.93. The molecule has 2 aromatic heterocycles. The lowest BCUT2D eigenvalue weighted by atomic mass is 10.1. The highest BCUT2D eigenvalue weighted by Crippen LogP contribution is 2.31. The van der Waals surface area contributed by atoms with Crippen LogP contribution in [0.1, 0.15) is 23.6 Å². The Morgan fingerprint density at radius 3 is 2.45 bits per heavy atom. The maximum absolute atomic E-state index is 12.8. The van der Waals surface area contributed by atoms with E-state index in [1.807, 2.05) is 55.5 Å². The number of sulfonamides is 1. The molecule has 3 aromatic carbocycles. The van der Waals surface area contributed by atoms with Crippen LogP contribution in [0.5, 0.6) is 5.75 Å². The van der Waals surface area contributed by atoms with Gasteiger partial charge < -0.3 is 10.4 Å². The van der Waals surface area contributed by atoms with E-state index in [0.29, 0.717) is 29.3 Å². The molecule has 0 fully saturated rings. The highest BCUT2D eigenvalue weighted by Gasteiger charge is 2.15. The van der Waals surface area contributed by atoms with Crippen LogP contribution in [0.15, 0.2) is 94.4 Å². The number of halogens is 1. The molecule has 0 amide bonds. The molecule has 194 valence electrons. The maximum Gasteiger partial charge on any atom is 0.240 e. The Hall–Kier alpha value is -3.73. The molecule has 0 unspecified atom stereocenters. The Balaban J connectivity index is 1.34. The molecule has 0 saturated carbocycles. The zero-order valence-corrected chi connectivity index (χ0v) is 23.0. The lowest BCUT2D eigenvalue weighted by molar-refractivity contribution is 0.477. The number of nitrogens with one attached hydrogen (secondary N) is 2. The lowest BCUT2D eigenvalue weighted by Gasteiger charge is -2.13. The molecule has 5 rings (SSSR count). The van der Waals surface area contributed by atoms with Crippen LogP contribution in [0.25, 0.3) is 16.9 Å². The Kier molecular flexibility index (Phi) is 7.46. The summed E-state index contributed by atoms with van der Waals surface area (Å²) in [5, 5.41) is 18.2. The first kappa shape index (κ1) is 25.9. The Morgan fingerprint density at radius 2 is 1.66 bits per heavy atom. The number of aryl methyl sites for hydroxylation is 1. The van der Waals surface area contributed by atoms with Gasteiger partial charge in [0.15, 0.2) is 5.65 Å². The molecule has 3 N–H and O–H groups in total. The van der Waals surface area contributed by atoms with Crippen molar-refractivity contribution in [2.45, 2.75) is 31.3 Å². The first-order chi connectivity index (χ1) is 18.3. The number of hydrogen-bond donors (Lipinski definition) is 3. The fourth-order valence-electron chi connectivity index (χ4n) is 4.13. The molecule has 0 radical (unpaired) electrons. The molecule has 0 saturated heterocycles. The van der Waals surface area contributed by atoms with Crippen molar-refractivity contribution in [2.24, 2.45) is 0 Å². The molecule has 0 atom stereocenters. The van der Waals surface area contributed by atoms with E-state index in [1.165, 1.54) is 0 Å². The zero-order chi connectivity index (χ0) is 26.7. The quantitative estimate of drug-likeness (QED) is 0.208.